The van der Waals surface area contributed by atoms with E-state index < -0.39 is 60.3 Å². The van der Waals surface area contributed by atoms with Crippen molar-refractivity contribution in [2.75, 3.05) is 6.61 Å². The number of amides is 1. The summed E-state index contributed by atoms with van der Waals surface area (Å²) in [6, 6.07) is 16.0. The summed E-state index contributed by atoms with van der Waals surface area (Å²) in [4.78, 5) is 52.7. The van der Waals surface area contributed by atoms with Crippen molar-refractivity contribution in [1.82, 2.24) is 9.55 Å². The molecule has 1 aliphatic rings. The number of carbonyl (C=O) groups excluding carboxylic acids is 3. The quantitative estimate of drug-likeness (QED) is 0.503. The van der Waals surface area contributed by atoms with Crippen LogP contribution in [0, 0.1) is 0 Å². The molecule has 4 atom stereocenters. The summed E-state index contributed by atoms with van der Waals surface area (Å²) < 4.78 is 32.7. The van der Waals surface area contributed by atoms with Crippen LogP contribution in [0.1, 0.15) is 37.4 Å². The number of benzene rings is 2. The van der Waals surface area contributed by atoms with Crippen molar-refractivity contribution in [3.05, 3.63) is 100 Å². The van der Waals surface area contributed by atoms with Crippen LogP contribution in [0.5, 0.6) is 0 Å². The maximum atomic E-state index is 15.6. The molecule has 0 radical (unpaired) electrons. The van der Waals surface area contributed by atoms with Crippen molar-refractivity contribution < 1.29 is 33.0 Å². The van der Waals surface area contributed by atoms with Crippen LogP contribution in [0.15, 0.2) is 77.9 Å². The number of ether oxygens (including phenoxy) is 3. The molecule has 11 heteroatoms. The van der Waals surface area contributed by atoms with Gasteiger partial charge in [-0.2, -0.15) is 0 Å². The zero-order chi connectivity index (χ0) is 24.9. The third-order valence-electron chi connectivity index (χ3n) is 5.28. The van der Waals surface area contributed by atoms with E-state index in [1.54, 1.807) is 36.4 Å². The lowest BCUT2D eigenvalue weighted by atomic mass is 10.1. The zero-order valence-corrected chi connectivity index (χ0v) is 18.2. The molecule has 2 N–H and O–H groups in total. The van der Waals surface area contributed by atoms with Gasteiger partial charge in [0.1, 0.15) is 12.7 Å². The van der Waals surface area contributed by atoms with Crippen molar-refractivity contribution in [3.8, 4) is 0 Å². The minimum atomic E-state index is -2.05. The molecule has 3 aromatic rings. The summed E-state index contributed by atoms with van der Waals surface area (Å²) in [7, 11) is 0. The van der Waals surface area contributed by atoms with Crippen LogP contribution in [0.25, 0.3) is 0 Å². The first kappa shape index (κ1) is 23.8. The predicted octanol–water partition coefficient (Wildman–Crippen LogP) is 1.66. The number of carbonyl (C=O) groups is 3. The Labute approximate surface area is 198 Å². The molecule has 4 rings (SSSR count). The molecule has 1 saturated heterocycles. The average Bonchev–Trinajstić information content (AvgIpc) is 3.18. The van der Waals surface area contributed by atoms with Gasteiger partial charge in [0.15, 0.2) is 24.2 Å². The van der Waals surface area contributed by atoms with Gasteiger partial charge in [-0.15, -0.1) is 0 Å². The number of alkyl halides is 1. The van der Waals surface area contributed by atoms with E-state index in [-0.39, 0.29) is 11.1 Å². The lowest BCUT2D eigenvalue weighted by Gasteiger charge is -2.19. The number of esters is 2. The SMILES string of the molecule is NC(=O)c1nccn([C@@H]2O[C@H](COC(=O)c3ccccc3)[C@H](OC(=O)c3ccccc3)[C@@H]2F)c1=O. The van der Waals surface area contributed by atoms with Crippen LogP contribution in [-0.4, -0.2) is 52.4 Å². The van der Waals surface area contributed by atoms with E-state index in [1.165, 1.54) is 24.3 Å². The molecule has 1 fully saturated rings. The van der Waals surface area contributed by atoms with Gasteiger partial charge in [0.25, 0.3) is 11.5 Å². The largest absolute Gasteiger partial charge is 0.459 e. The smallest absolute Gasteiger partial charge is 0.338 e. The van der Waals surface area contributed by atoms with Crippen molar-refractivity contribution in [2.24, 2.45) is 5.73 Å². The Bertz CT molecular complexity index is 1280. The van der Waals surface area contributed by atoms with Crippen LogP contribution in [0.2, 0.25) is 0 Å². The van der Waals surface area contributed by atoms with Gasteiger partial charge in [0.2, 0.25) is 0 Å². The first-order valence-electron chi connectivity index (χ1n) is 10.5. The summed E-state index contributed by atoms with van der Waals surface area (Å²) in [6.07, 6.45) is -4.24. The fourth-order valence-electron chi connectivity index (χ4n) is 3.57. The Morgan fingerprint density at radius 3 is 2.20 bits per heavy atom. The maximum absolute atomic E-state index is 15.6. The Balaban J connectivity index is 1.59. The van der Waals surface area contributed by atoms with Crippen molar-refractivity contribution >= 4 is 17.8 Å². The van der Waals surface area contributed by atoms with Gasteiger partial charge >= 0.3 is 11.9 Å². The van der Waals surface area contributed by atoms with Crippen molar-refractivity contribution in [1.29, 1.82) is 0 Å². The Morgan fingerprint density at radius 2 is 1.60 bits per heavy atom. The third kappa shape index (κ3) is 5.09. The van der Waals surface area contributed by atoms with Gasteiger partial charge in [-0.25, -0.2) is 19.0 Å². The topological polar surface area (TPSA) is 140 Å². The monoisotopic (exact) mass is 481 g/mol. The van der Waals surface area contributed by atoms with Crippen LogP contribution in [0.3, 0.4) is 0 Å². The summed E-state index contributed by atoms with van der Waals surface area (Å²) >= 11 is 0. The highest BCUT2D eigenvalue weighted by Crippen LogP contribution is 2.34. The van der Waals surface area contributed by atoms with Crippen LogP contribution in [0.4, 0.5) is 4.39 Å². The molecular formula is C24H20FN3O7. The van der Waals surface area contributed by atoms with E-state index in [9.17, 15) is 19.2 Å². The Hall–Kier alpha value is -4.38. The molecule has 35 heavy (non-hydrogen) atoms. The number of hydrogen-bond donors (Lipinski definition) is 1. The second kappa shape index (κ2) is 10.3. The summed E-state index contributed by atoms with van der Waals surface area (Å²) in [5, 5.41) is 0. The first-order valence-corrected chi connectivity index (χ1v) is 10.5. The van der Waals surface area contributed by atoms with E-state index in [4.69, 9.17) is 19.9 Å². The summed E-state index contributed by atoms with van der Waals surface area (Å²) in [5.74, 6) is -2.63. The second-order valence-corrected chi connectivity index (χ2v) is 7.56. The van der Waals surface area contributed by atoms with Crippen molar-refractivity contribution in [3.63, 3.8) is 0 Å². The fraction of sp³-hybridized carbons (Fsp3) is 0.208. The number of nitrogens with two attached hydrogens (primary N) is 1. The third-order valence-corrected chi connectivity index (χ3v) is 5.28. The Morgan fingerprint density at radius 1 is 1.00 bits per heavy atom. The molecule has 180 valence electrons. The van der Waals surface area contributed by atoms with Crippen LogP contribution in [-0.2, 0) is 14.2 Å². The number of hydrogen-bond acceptors (Lipinski definition) is 8. The normalized spacial score (nSPS) is 21.3. The van der Waals surface area contributed by atoms with Gasteiger partial charge in [0, 0.05) is 12.4 Å². The summed E-state index contributed by atoms with van der Waals surface area (Å²) in [5.41, 5.74) is 3.99. The lowest BCUT2D eigenvalue weighted by molar-refractivity contribution is -0.0589. The number of primary amides is 1. The van der Waals surface area contributed by atoms with E-state index >= 15 is 4.39 Å². The average molecular weight is 481 g/mol. The van der Waals surface area contributed by atoms with Gasteiger partial charge < -0.3 is 19.9 Å². The Kier molecular flexibility index (Phi) is 6.97. The number of aromatic nitrogens is 2. The molecule has 10 nitrogen and oxygen atoms in total. The highest BCUT2D eigenvalue weighted by atomic mass is 19.1. The molecule has 0 saturated carbocycles. The van der Waals surface area contributed by atoms with Gasteiger partial charge in [-0.1, -0.05) is 36.4 Å². The number of rotatable bonds is 7. The fourth-order valence-corrected chi connectivity index (χ4v) is 3.57. The minimum absolute atomic E-state index is 0.167. The molecule has 0 unspecified atom stereocenters. The van der Waals surface area contributed by atoms with E-state index in [2.05, 4.69) is 4.98 Å². The standard InChI is InChI=1S/C24H20FN3O7/c25-17-19(35-24(32)15-9-5-2-6-10-15)16(13-33-23(31)14-7-3-1-4-8-14)34-22(17)28-12-11-27-18(20(26)29)21(28)30/h1-12,16-17,19,22H,13H2,(H2,26,29)/t16-,17+,19+,22-/m1/s1. The second-order valence-electron chi connectivity index (χ2n) is 7.56. The van der Waals surface area contributed by atoms with E-state index in [0.29, 0.717) is 0 Å². The molecule has 1 aliphatic heterocycles. The predicted molar refractivity (Wildman–Crippen MR) is 118 cm³/mol. The maximum Gasteiger partial charge on any atom is 0.338 e. The van der Waals surface area contributed by atoms with E-state index in [1.807, 2.05) is 0 Å². The first-order chi connectivity index (χ1) is 16.9. The van der Waals surface area contributed by atoms with Crippen LogP contribution >= 0.6 is 0 Å². The molecular weight excluding hydrogens is 461 g/mol. The van der Waals surface area contributed by atoms with Crippen molar-refractivity contribution in [2.45, 2.75) is 24.6 Å². The number of nitrogens with zero attached hydrogens (tertiary/aromatic N) is 2. The molecule has 0 bridgehead atoms. The van der Waals surface area contributed by atoms with Gasteiger partial charge in [-0.3, -0.25) is 14.2 Å². The zero-order valence-electron chi connectivity index (χ0n) is 18.2. The molecule has 1 aromatic heterocycles. The van der Waals surface area contributed by atoms with Gasteiger partial charge in [0.05, 0.1) is 11.1 Å². The molecule has 2 heterocycles. The van der Waals surface area contributed by atoms with Crippen LogP contribution < -0.4 is 11.3 Å². The van der Waals surface area contributed by atoms with E-state index in [0.717, 1.165) is 17.0 Å². The number of halogens is 1. The van der Waals surface area contributed by atoms with Gasteiger partial charge in [-0.05, 0) is 24.3 Å². The minimum Gasteiger partial charge on any atom is -0.459 e. The highest BCUT2D eigenvalue weighted by Gasteiger charge is 2.49. The molecule has 2 aromatic carbocycles. The molecule has 1 amide bonds. The highest BCUT2D eigenvalue weighted by molar-refractivity contribution is 5.90. The summed E-state index contributed by atoms with van der Waals surface area (Å²) in [6.45, 7) is -0.472. The molecule has 0 aliphatic carbocycles. The lowest BCUT2D eigenvalue weighted by Crippen LogP contribution is -2.38. The molecule has 0 spiro atoms.